The van der Waals surface area contributed by atoms with Crippen LogP contribution in [-0.4, -0.2) is 15.1 Å². The summed E-state index contributed by atoms with van der Waals surface area (Å²) in [4.78, 5) is 8.80. The van der Waals surface area contributed by atoms with Crippen LogP contribution in [0.15, 0.2) is 41.1 Å². The molecule has 1 aromatic carbocycles. The van der Waals surface area contributed by atoms with E-state index in [1.165, 1.54) is 0 Å². The van der Waals surface area contributed by atoms with E-state index in [0.717, 1.165) is 28.1 Å². The minimum Gasteiger partial charge on any atom is -0.399 e. The van der Waals surface area contributed by atoms with Gasteiger partial charge in [-0.3, -0.25) is 4.98 Å². The van der Waals surface area contributed by atoms with Crippen LogP contribution < -0.4 is 5.73 Å². The van der Waals surface area contributed by atoms with Gasteiger partial charge in [0, 0.05) is 11.9 Å². The second-order valence-electron chi connectivity index (χ2n) is 5.11. The van der Waals surface area contributed by atoms with Crippen LogP contribution in [0, 0.1) is 13.8 Å². The van der Waals surface area contributed by atoms with Crippen LogP contribution in [0.5, 0.6) is 0 Å². The number of anilines is 1. The van der Waals surface area contributed by atoms with E-state index < -0.39 is 0 Å². The fourth-order valence-electron chi connectivity index (χ4n) is 2.18. The van der Waals surface area contributed by atoms with Crippen molar-refractivity contribution in [2.24, 2.45) is 0 Å². The number of benzene rings is 1. The van der Waals surface area contributed by atoms with Crippen molar-refractivity contribution in [1.82, 2.24) is 15.1 Å². The number of rotatable bonds is 3. The van der Waals surface area contributed by atoms with E-state index in [2.05, 4.69) is 21.2 Å². The normalized spacial score (nSPS) is 10.8. The molecule has 5 heteroatoms. The van der Waals surface area contributed by atoms with Gasteiger partial charge in [-0.25, -0.2) is 0 Å². The van der Waals surface area contributed by atoms with Gasteiger partial charge in [-0.1, -0.05) is 23.4 Å². The molecule has 5 nitrogen and oxygen atoms in total. The third kappa shape index (κ3) is 2.91. The minimum absolute atomic E-state index is 0.526. The molecule has 0 aliphatic heterocycles. The molecule has 21 heavy (non-hydrogen) atoms. The maximum atomic E-state index is 5.67. The summed E-state index contributed by atoms with van der Waals surface area (Å²) < 4.78 is 5.31. The topological polar surface area (TPSA) is 77.8 Å². The highest BCUT2D eigenvalue weighted by Crippen LogP contribution is 2.19. The predicted octanol–water partition coefficient (Wildman–Crippen LogP) is 2.92. The molecule has 0 atom stereocenters. The summed E-state index contributed by atoms with van der Waals surface area (Å²) in [5, 5.41) is 4.02. The van der Waals surface area contributed by atoms with E-state index in [1.807, 2.05) is 38.1 Å². The zero-order valence-corrected chi connectivity index (χ0v) is 12.0. The monoisotopic (exact) mass is 280 g/mol. The first-order valence-corrected chi connectivity index (χ1v) is 6.72. The van der Waals surface area contributed by atoms with Crippen molar-refractivity contribution in [3.63, 3.8) is 0 Å². The Kier molecular flexibility index (Phi) is 3.39. The molecule has 3 rings (SSSR count). The van der Waals surface area contributed by atoms with Gasteiger partial charge >= 0.3 is 0 Å². The van der Waals surface area contributed by atoms with E-state index in [0.29, 0.717) is 18.1 Å². The maximum Gasteiger partial charge on any atom is 0.231 e. The largest absolute Gasteiger partial charge is 0.399 e. The lowest BCUT2D eigenvalue weighted by Crippen LogP contribution is -1.93. The predicted molar refractivity (Wildman–Crippen MR) is 80.7 cm³/mol. The zero-order chi connectivity index (χ0) is 14.8. The van der Waals surface area contributed by atoms with Crippen LogP contribution in [0.2, 0.25) is 0 Å². The third-order valence-corrected chi connectivity index (χ3v) is 3.23. The van der Waals surface area contributed by atoms with Gasteiger partial charge in [0.2, 0.25) is 11.7 Å². The van der Waals surface area contributed by atoms with Gasteiger partial charge in [0.1, 0.15) is 5.69 Å². The fourth-order valence-corrected chi connectivity index (χ4v) is 2.18. The molecule has 0 bridgehead atoms. The lowest BCUT2D eigenvalue weighted by atomic mass is 10.1. The quantitative estimate of drug-likeness (QED) is 0.746. The number of hydrogen-bond acceptors (Lipinski definition) is 5. The van der Waals surface area contributed by atoms with Gasteiger partial charge < -0.3 is 10.3 Å². The van der Waals surface area contributed by atoms with E-state index >= 15 is 0 Å². The van der Waals surface area contributed by atoms with Crippen molar-refractivity contribution in [3.05, 3.63) is 59.1 Å². The number of nitrogens with two attached hydrogens (primary N) is 1. The van der Waals surface area contributed by atoms with Crippen molar-refractivity contribution >= 4 is 5.69 Å². The van der Waals surface area contributed by atoms with E-state index in [1.54, 1.807) is 6.20 Å². The molecule has 2 heterocycles. The van der Waals surface area contributed by atoms with E-state index in [4.69, 9.17) is 10.3 Å². The molecular formula is C16H16N4O. The summed E-state index contributed by atoms with van der Waals surface area (Å²) in [5.41, 5.74) is 10.4. The molecule has 0 saturated heterocycles. The molecule has 3 aromatic rings. The molecule has 0 aliphatic rings. The van der Waals surface area contributed by atoms with Gasteiger partial charge in [-0.2, -0.15) is 4.98 Å². The number of pyridine rings is 1. The molecular weight excluding hydrogens is 264 g/mol. The fraction of sp³-hybridized carbons (Fsp3) is 0.188. The Morgan fingerprint density at radius 3 is 2.62 bits per heavy atom. The summed E-state index contributed by atoms with van der Waals surface area (Å²) in [6.07, 6.45) is 2.39. The molecule has 106 valence electrons. The molecule has 0 fully saturated rings. The molecule has 0 spiro atoms. The average Bonchev–Trinajstić information content (AvgIpc) is 2.90. The maximum absolute atomic E-state index is 5.67. The second-order valence-corrected chi connectivity index (χ2v) is 5.11. The minimum atomic E-state index is 0.526. The highest BCUT2D eigenvalue weighted by Gasteiger charge is 2.12. The Morgan fingerprint density at radius 1 is 1.14 bits per heavy atom. The zero-order valence-electron chi connectivity index (χ0n) is 12.0. The van der Waals surface area contributed by atoms with Crippen molar-refractivity contribution < 1.29 is 4.52 Å². The number of hydrogen-bond donors (Lipinski definition) is 1. The highest BCUT2D eigenvalue weighted by atomic mass is 16.5. The second kappa shape index (κ2) is 5.36. The van der Waals surface area contributed by atoms with Gasteiger partial charge in [-0.05, 0) is 42.7 Å². The van der Waals surface area contributed by atoms with Crippen molar-refractivity contribution in [2.75, 3.05) is 5.73 Å². The number of aromatic nitrogens is 3. The lowest BCUT2D eigenvalue weighted by Gasteiger charge is -2.00. The number of nitrogens with zero attached hydrogens (tertiary/aromatic N) is 3. The van der Waals surface area contributed by atoms with Crippen molar-refractivity contribution in [3.8, 4) is 11.5 Å². The smallest absolute Gasteiger partial charge is 0.231 e. The molecule has 0 radical (unpaired) electrons. The molecule has 2 aromatic heterocycles. The first-order chi connectivity index (χ1) is 10.1. The summed E-state index contributed by atoms with van der Waals surface area (Å²) in [6.45, 7) is 4.00. The first kappa shape index (κ1) is 13.3. The Labute approximate surface area is 122 Å². The Bertz CT molecular complexity index is 762. The van der Waals surface area contributed by atoms with Crippen LogP contribution in [0.1, 0.15) is 22.6 Å². The van der Waals surface area contributed by atoms with Gasteiger partial charge in [0.15, 0.2) is 0 Å². The van der Waals surface area contributed by atoms with Crippen LogP contribution in [0.3, 0.4) is 0 Å². The van der Waals surface area contributed by atoms with Crippen molar-refractivity contribution in [2.45, 2.75) is 20.3 Å². The molecule has 2 N–H and O–H groups in total. The highest BCUT2D eigenvalue weighted by molar-refractivity contribution is 5.54. The van der Waals surface area contributed by atoms with Gasteiger partial charge in [-0.15, -0.1) is 0 Å². The molecule has 0 aliphatic carbocycles. The van der Waals surface area contributed by atoms with Crippen molar-refractivity contribution in [1.29, 1.82) is 0 Å². The van der Waals surface area contributed by atoms with Gasteiger partial charge in [0.05, 0.1) is 6.42 Å². The van der Waals surface area contributed by atoms with Crippen LogP contribution in [-0.2, 0) is 6.42 Å². The van der Waals surface area contributed by atoms with Gasteiger partial charge in [0.25, 0.3) is 0 Å². The molecule has 0 unspecified atom stereocenters. The number of nitrogen functional groups attached to an aromatic ring is 1. The Hall–Kier alpha value is -2.69. The summed E-state index contributed by atoms with van der Waals surface area (Å²) >= 11 is 0. The molecule has 0 amide bonds. The summed E-state index contributed by atoms with van der Waals surface area (Å²) in [6, 6.07) is 9.68. The Morgan fingerprint density at radius 2 is 1.90 bits per heavy atom. The Balaban J connectivity index is 1.84. The van der Waals surface area contributed by atoms with E-state index in [-0.39, 0.29) is 0 Å². The van der Waals surface area contributed by atoms with Crippen LogP contribution in [0.25, 0.3) is 11.5 Å². The molecule has 0 saturated carbocycles. The summed E-state index contributed by atoms with van der Waals surface area (Å²) in [5.74, 6) is 1.09. The third-order valence-electron chi connectivity index (χ3n) is 3.23. The average molecular weight is 280 g/mol. The lowest BCUT2D eigenvalue weighted by molar-refractivity contribution is 0.385. The SMILES string of the molecule is Cc1cnc(-c2noc(Cc3ccc(N)cc3)n2)c(C)c1. The van der Waals surface area contributed by atoms with Crippen LogP contribution >= 0.6 is 0 Å². The van der Waals surface area contributed by atoms with E-state index in [9.17, 15) is 0 Å². The van der Waals surface area contributed by atoms with Crippen LogP contribution in [0.4, 0.5) is 5.69 Å². The first-order valence-electron chi connectivity index (χ1n) is 6.72. The summed E-state index contributed by atoms with van der Waals surface area (Å²) in [7, 11) is 0. The number of aryl methyl sites for hydroxylation is 2. The standard InChI is InChI=1S/C16H16N4O/c1-10-7-11(2)15(18-9-10)16-19-14(21-20-16)8-12-3-5-13(17)6-4-12/h3-7,9H,8,17H2,1-2H3.